The first kappa shape index (κ1) is 18.7. The number of nitrogens with one attached hydrogen (secondary N) is 1. The third-order valence-corrected chi connectivity index (χ3v) is 4.65. The summed E-state index contributed by atoms with van der Waals surface area (Å²) in [5.41, 5.74) is 0.572. The Labute approximate surface area is 159 Å². The average Bonchev–Trinajstić information content (AvgIpc) is 3.07. The molecule has 1 aliphatic rings. The number of urea groups is 1. The molecular weight excluding hydrogens is 342 g/mol. The molecule has 1 atom stereocenters. The molecule has 0 radical (unpaired) electrons. The molecule has 1 fully saturated rings. The predicted octanol–water partition coefficient (Wildman–Crippen LogP) is 1.71. The van der Waals surface area contributed by atoms with Gasteiger partial charge in [0.25, 0.3) is 0 Å². The van der Waals surface area contributed by atoms with Crippen LogP contribution in [0.1, 0.15) is 18.9 Å². The molecule has 1 saturated heterocycles. The van der Waals surface area contributed by atoms with Crippen LogP contribution in [0.4, 0.5) is 10.6 Å². The van der Waals surface area contributed by atoms with Gasteiger partial charge in [-0.1, -0.05) is 6.92 Å². The molecule has 2 amide bonds. The summed E-state index contributed by atoms with van der Waals surface area (Å²) in [6, 6.07) is 7.60. The highest BCUT2D eigenvalue weighted by atomic mass is 16.2. The number of hydrogen-bond acceptors (Lipinski definition) is 5. The van der Waals surface area contributed by atoms with Crippen molar-refractivity contribution in [1.82, 2.24) is 25.0 Å². The first-order valence-electron chi connectivity index (χ1n) is 9.27. The number of pyridine rings is 1. The van der Waals surface area contributed by atoms with Crippen LogP contribution in [0.5, 0.6) is 0 Å². The molecule has 0 aliphatic carbocycles. The summed E-state index contributed by atoms with van der Waals surface area (Å²) in [6.45, 7) is 6.24. The number of amides is 2. The molecule has 0 saturated carbocycles. The maximum Gasteiger partial charge on any atom is 0.317 e. The van der Waals surface area contributed by atoms with Crippen LogP contribution in [-0.4, -0.2) is 58.4 Å². The molecule has 0 bridgehead atoms. The van der Waals surface area contributed by atoms with Gasteiger partial charge in [-0.2, -0.15) is 10.4 Å². The SMILES string of the molecule is CC(CNC(=O)N1CCCN(c2ncccc2C#N)CC1)Cn1cccn1. The lowest BCUT2D eigenvalue weighted by atomic mass is 10.2. The summed E-state index contributed by atoms with van der Waals surface area (Å²) in [5.74, 6) is 0.999. The molecule has 0 spiro atoms. The Kier molecular flexibility index (Phi) is 6.26. The number of aromatic nitrogens is 3. The van der Waals surface area contributed by atoms with Crippen molar-refractivity contribution in [3.8, 4) is 6.07 Å². The summed E-state index contributed by atoms with van der Waals surface area (Å²) in [5, 5.41) is 16.5. The van der Waals surface area contributed by atoms with Crippen LogP contribution in [0.15, 0.2) is 36.8 Å². The minimum absolute atomic E-state index is 0.0364. The Morgan fingerprint density at radius 2 is 2.19 bits per heavy atom. The minimum atomic E-state index is -0.0364. The number of rotatable bonds is 5. The number of hydrogen-bond donors (Lipinski definition) is 1. The van der Waals surface area contributed by atoms with Crippen LogP contribution in [-0.2, 0) is 6.54 Å². The monoisotopic (exact) mass is 367 g/mol. The van der Waals surface area contributed by atoms with E-state index in [1.165, 1.54) is 0 Å². The standard InChI is InChI=1S/C19H25N7O/c1-16(15-26-10-3-7-23-26)14-22-19(27)25-9-4-8-24(11-12-25)18-17(13-20)5-2-6-21-18/h2-3,5-7,10,16H,4,8-9,11-12,14-15H2,1H3,(H,22,27). The van der Waals surface area contributed by atoms with E-state index in [-0.39, 0.29) is 6.03 Å². The van der Waals surface area contributed by atoms with Crippen LogP contribution in [0.25, 0.3) is 0 Å². The Morgan fingerprint density at radius 1 is 1.30 bits per heavy atom. The van der Waals surface area contributed by atoms with Crippen molar-refractivity contribution in [2.24, 2.45) is 5.92 Å². The topological polar surface area (TPSA) is 90.1 Å². The summed E-state index contributed by atoms with van der Waals surface area (Å²) in [7, 11) is 0. The molecule has 1 N–H and O–H groups in total. The molecule has 1 unspecified atom stereocenters. The lowest BCUT2D eigenvalue weighted by Gasteiger charge is -2.24. The lowest BCUT2D eigenvalue weighted by molar-refractivity contribution is 0.199. The van der Waals surface area contributed by atoms with Crippen LogP contribution >= 0.6 is 0 Å². The Hall–Kier alpha value is -3.08. The first-order valence-corrected chi connectivity index (χ1v) is 9.27. The van der Waals surface area contributed by atoms with E-state index in [1.807, 2.05) is 21.8 Å². The summed E-state index contributed by atoms with van der Waals surface area (Å²) in [6.07, 6.45) is 6.23. The molecule has 3 heterocycles. The summed E-state index contributed by atoms with van der Waals surface area (Å²) < 4.78 is 1.88. The fourth-order valence-corrected chi connectivity index (χ4v) is 3.23. The van der Waals surface area contributed by atoms with E-state index in [0.29, 0.717) is 43.5 Å². The molecule has 27 heavy (non-hydrogen) atoms. The van der Waals surface area contributed by atoms with E-state index in [2.05, 4.69) is 33.3 Å². The van der Waals surface area contributed by atoms with E-state index in [1.54, 1.807) is 24.5 Å². The Balaban J connectivity index is 1.50. The highest BCUT2D eigenvalue weighted by Gasteiger charge is 2.21. The zero-order valence-electron chi connectivity index (χ0n) is 15.6. The summed E-state index contributed by atoms with van der Waals surface area (Å²) >= 11 is 0. The van der Waals surface area contributed by atoms with Crippen molar-refractivity contribution in [1.29, 1.82) is 5.26 Å². The van der Waals surface area contributed by atoms with Crippen LogP contribution in [0, 0.1) is 17.2 Å². The van der Waals surface area contributed by atoms with E-state index < -0.39 is 0 Å². The average molecular weight is 367 g/mol. The van der Waals surface area contributed by atoms with Crippen LogP contribution < -0.4 is 10.2 Å². The van der Waals surface area contributed by atoms with Gasteiger partial charge < -0.3 is 15.1 Å². The highest BCUT2D eigenvalue weighted by molar-refractivity contribution is 5.74. The van der Waals surface area contributed by atoms with Gasteiger partial charge in [-0.05, 0) is 30.5 Å². The Bertz CT molecular complexity index is 784. The number of anilines is 1. The number of carbonyl (C=O) groups is 1. The van der Waals surface area contributed by atoms with Crippen LogP contribution in [0.3, 0.4) is 0 Å². The van der Waals surface area contributed by atoms with Crippen LogP contribution in [0.2, 0.25) is 0 Å². The molecular formula is C19H25N7O. The maximum atomic E-state index is 12.5. The third-order valence-electron chi connectivity index (χ3n) is 4.65. The largest absolute Gasteiger partial charge is 0.354 e. The fourth-order valence-electron chi connectivity index (χ4n) is 3.23. The molecule has 142 valence electrons. The zero-order chi connectivity index (χ0) is 19.1. The van der Waals surface area contributed by atoms with Gasteiger partial charge in [0.15, 0.2) is 0 Å². The quantitative estimate of drug-likeness (QED) is 0.869. The molecule has 1 aliphatic heterocycles. The van der Waals surface area contributed by atoms with Gasteiger partial charge in [-0.25, -0.2) is 9.78 Å². The second-order valence-electron chi connectivity index (χ2n) is 6.83. The second kappa shape index (κ2) is 9.03. The number of carbonyl (C=O) groups excluding carboxylic acids is 1. The fraction of sp³-hybridized carbons (Fsp3) is 0.474. The third kappa shape index (κ3) is 4.97. The van der Waals surface area contributed by atoms with Crippen molar-refractivity contribution in [2.75, 3.05) is 37.6 Å². The molecule has 8 heteroatoms. The van der Waals surface area contributed by atoms with E-state index in [4.69, 9.17) is 0 Å². The smallest absolute Gasteiger partial charge is 0.317 e. The van der Waals surface area contributed by atoms with Gasteiger partial charge in [0.05, 0.1) is 5.56 Å². The molecule has 8 nitrogen and oxygen atoms in total. The highest BCUT2D eigenvalue weighted by Crippen LogP contribution is 2.18. The zero-order valence-corrected chi connectivity index (χ0v) is 15.6. The Morgan fingerprint density at radius 3 is 2.96 bits per heavy atom. The van der Waals surface area contributed by atoms with E-state index >= 15 is 0 Å². The van der Waals surface area contributed by atoms with Gasteiger partial charge in [0, 0.05) is 57.9 Å². The maximum absolute atomic E-state index is 12.5. The van der Waals surface area contributed by atoms with Crippen molar-refractivity contribution < 1.29 is 4.79 Å². The van der Waals surface area contributed by atoms with Crippen molar-refractivity contribution >= 4 is 11.8 Å². The molecule has 2 aromatic heterocycles. The number of nitrogens with zero attached hydrogens (tertiary/aromatic N) is 6. The lowest BCUT2D eigenvalue weighted by Crippen LogP contribution is -2.43. The number of nitriles is 1. The predicted molar refractivity (Wildman–Crippen MR) is 102 cm³/mol. The first-order chi connectivity index (χ1) is 13.2. The van der Waals surface area contributed by atoms with Gasteiger partial charge in [0.1, 0.15) is 11.9 Å². The van der Waals surface area contributed by atoms with Crippen molar-refractivity contribution in [3.63, 3.8) is 0 Å². The van der Waals surface area contributed by atoms with E-state index in [9.17, 15) is 10.1 Å². The van der Waals surface area contributed by atoms with Gasteiger partial charge in [0.2, 0.25) is 0 Å². The molecule has 3 rings (SSSR count). The van der Waals surface area contributed by atoms with Gasteiger partial charge in [-0.3, -0.25) is 4.68 Å². The minimum Gasteiger partial charge on any atom is -0.354 e. The molecule has 0 aromatic carbocycles. The summed E-state index contributed by atoms with van der Waals surface area (Å²) in [4.78, 5) is 20.8. The van der Waals surface area contributed by atoms with Gasteiger partial charge >= 0.3 is 6.03 Å². The van der Waals surface area contributed by atoms with Crippen molar-refractivity contribution in [2.45, 2.75) is 19.9 Å². The normalized spacial score (nSPS) is 15.7. The van der Waals surface area contributed by atoms with E-state index in [0.717, 1.165) is 19.5 Å². The van der Waals surface area contributed by atoms with Gasteiger partial charge in [-0.15, -0.1) is 0 Å². The molecule has 2 aromatic rings. The van der Waals surface area contributed by atoms with Crippen molar-refractivity contribution in [3.05, 3.63) is 42.4 Å². The second-order valence-corrected chi connectivity index (χ2v) is 6.83.